The van der Waals surface area contributed by atoms with Gasteiger partial charge in [-0.15, -0.1) is 11.8 Å². The molecule has 2 atom stereocenters. The summed E-state index contributed by atoms with van der Waals surface area (Å²) in [5.74, 6) is 0.529. The summed E-state index contributed by atoms with van der Waals surface area (Å²) in [6, 6.07) is 12.2. The van der Waals surface area contributed by atoms with E-state index in [2.05, 4.69) is 5.32 Å². The SMILES string of the molecule is CC[C@@H](C)NC(=O)[C@@H](C)N(Cc1ccc(Cl)c(Cl)c1)C(=O)CSCc1ccccc1Cl. The van der Waals surface area contributed by atoms with Crippen molar-refractivity contribution in [2.75, 3.05) is 5.75 Å². The highest BCUT2D eigenvalue weighted by molar-refractivity contribution is 7.99. The molecule has 0 aliphatic rings. The van der Waals surface area contributed by atoms with Crippen LogP contribution in [0.25, 0.3) is 0 Å². The van der Waals surface area contributed by atoms with Crippen LogP contribution in [0.4, 0.5) is 0 Å². The monoisotopic (exact) mass is 500 g/mol. The molecule has 168 valence electrons. The Hall–Kier alpha value is -1.40. The maximum Gasteiger partial charge on any atom is 0.242 e. The summed E-state index contributed by atoms with van der Waals surface area (Å²) in [6.45, 7) is 5.94. The molecule has 2 rings (SSSR count). The number of rotatable bonds is 10. The van der Waals surface area contributed by atoms with Crippen LogP contribution in [0, 0.1) is 0 Å². The lowest BCUT2D eigenvalue weighted by Gasteiger charge is -2.29. The average molecular weight is 502 g/mol. The van der Waals surface area contributed by atoms with Gasteiger partial charge in [-0.1, -0.05) is 66.0 Å². The average Bonchev–Trinajstić information content (AvgIpc) is 2.75. The van der Waals surface area contributed by atoms with Crippen LogP contribution in [-0.4, -0.2) is 34.6 Å². The number of nitrogens with one attached hydrogen (secondary N) is 1. The highest BCUT2D eigenvalue weighted by atomic mass is 35.5. The number of hydrogen-bond donors (Lipinski definition) is 1. The minimum atomic E-state index is -0.628. The number of amides is 2. The highest BCUT2D eigenvalue weighted by Crippen LogP contribution is 2.25. The quantitative estimate of drug-likeness (QED) is 0.421. The standard InChI is InChI=1S/C23H27Cl3N2O2S/c1-4-15(2)27-23(30)16(3)28(12-17-9-10-20(25)21(26)11-17)22(29)14-31-13-18-7-5-6-8-19(18)24/h5-11,15-16H,4,12-14H2,1-3H3,(H,27,30)/t15-,16-/m1/s1. The number of carbonyl (C=O) groups excluding carboxylic acids is 2. The molecule has 8 heteroatoms. The number of benzene rings is 2. The van der Waals surface area contributed by atoms with Gasteiger partial charge in [0.2, 0.25) is 11.8 Å². The summed E-state index contributed by atoms with van der Waals surface area (Å²) in [5, 5.41) is 4.49. The van der Waals surface area contributed by atoms with E-state index in [0.29, 0.717) is 20.8 Å². The summed E-state index contributed by atoms with van der Waals surface area (Å²) in [6.07, 6.45) is 0.812. The van der Waals surface area contributed by atoms with Gasteiger partial charge in [0.05, 0.1) is 15.8 Å². The molecule has 0 fully saturated rings. The van der Waals surface area contributed by atoms with Gasteiger partial charge in [-0.05, 0) is 49.6 Å². The lowest BCUT2D eigenvalue weighted by atomic mass is 10.1. The van der Waals surface area contributed by atoms with Crippen molar-refractivity contribution in [1.29, 1.82) is 0 Å². The molecule has 31 heavy (non-hydrogen) atoms. The Balaban J connectivity index is 2.12. The van der Waals surface area contributed by atoms with Crippen molar-refractivity contribution in [2.24, 2.45) is 0 Å². The van der Waals surface area contributed by atoms with E-state index in [1.807, 2.05) is 44.2 Å². The molecule has 0 spiro atoms. The number of halogens is 3. The molecule has 0 radical (unpaired) electrons. The fourth-order valence-corrected chi connectivity index (χ4v) is 4.35. The smallest absolute Gasteiger partial charge is 0.242 e. The maximum atomic E-state index is 13.1. The third kappa shape index (κ3) is 7.90. The lowest BCUT2D eigenvalue weighted by molar-refractivity contribution is -0.138. The van der Waals surface area contributed by atoms with Crippen molar-refractivity contribution in [3.05, 3.63) is 68.7 Å². The second-order valence-corrected chi connectivity index (χ2v) is 9.56. The Bertz CT molecular complexity index is 910. The Morgan fingerprint density at radius 1 is 1.03 bits per heavy atom. The third-order valence-electron chi connectivity index (χ3n) is 4.95. The molecule has 2 aromatic rings. The zero-order chi connectivity index (χ0) is 23.0. The number of thioether (sulfide) groups is 1. The van der Waals surface area contributed by atoms with Gasteiger partial charge in [-0.2, -0.15) is 0 Å². The van der Waals surface area contributed by atoms with Crippen molar-refractivity contribution in [3.8, 4) is 0 Å². The second kappa shape index (κ2) is 12.6. The van der Waals surface area contributed by atoms with E-state index < -0.39 is 6.04 Å². The topological polar surface area (TPSA) is 49.4 Å². The van der Waals surface area contributed by atoms with E-state index in [4.69, 9.17) is 34.8 Å². The van der Waals surface area contributed by atoms with Crippen LogP contribution in [0.5, 0.6) is 0 Å². The minimum absolute atomic E-state index is 0.0338. The van der Waals surface area contributed by atoms with Crippen LogP contribution in [0.15, 0.2) is 42.5 Å². The first-order valence-electron chi connectivity index (χ1n) is 10.1. The third-order valence-corrected chi connectivity index (χ3v) is 7.02. The van der Waals surface area contributed by atoms with E-state index in [1.165, 1.54) is 11.8 Å². The van der Waals surface area contributed by atoms with Crippen molar-refractivity contribution < 1.29 is 9.59 Å². The Kier molecular flexibility index (Phi) is 10.5. The van der Waals surface area contributed by atoms with Crippen LogP contribution in [0.2, 0.25) is 15.1 Å². The van der Waals surface area contributed by atoms with E-state index in [-0.39, 0.29) is 30.2 Å². The number of carbonyl (C=O) groups is 2. The first-order valence-corrected chi connectivity index (χ1v) is 12.4. The van der Waals surface area contributed by atoms with Crippen molar-refractivity contribution in [2.45, 2.75) is 51.6 Å². The molecule has 0 bridgehead atoms. The van der Waals surface area contributed by atoms with Gasteiger partial charge in [0.25, 0.3) is 0 Å². The second-order valence-electron chi connectivity index (χ2n) is 7.35. The van der Waals surface area contributed by atoms with Crippen molar-refractivity contribution in [1.82, 2.24) is 10.2 Å². The molecule has 0 aromatic heterocycles. The van der Waals surface area contributed by atoms with Gasteiger partial charge in [0.15, 0.2) is 0 Å². The molecule has 0 aliphatic heterocycles. The van der Waals surface area contributed by atoms with Crippen LogP contribution >= 0.6 is 46.6 Å². The molecule has 2 amide bonds. The summed E-state index contributed by atoms with van der Waals surface area (Å²) >= 11 is 19.8. The molecular weight excluding hydrogens is 475 g/mol. The molecule has 0 unspecified atom stereocenters. The Morgan fingerprint density at radius 3 is 2.39 bits per heavy atom. The molecule has 0 saturated carbocycles. The van der Waals surface area contributed by atoms with Crippen molar-refractivity contribution >= 4 is 58.4 Å². The van der Waals surface area contributed by atoms with Crippen LogP contribution in [0.3, 0.4) is 0 Å². The van der Waals surface area contributed by atoms with Gasteiger partial charge in [0, 0.05) is 23.4 Å². The first kappa shape index (κ1) is 25.9. The fraction of sp³-hybridized carbons (Fsp3) is 0.391. The Morgan fingerprint density at radius 2 is 1.74 bits per heavy atom. The molecule has 2 aromatic carbocycles. The van der Waals surface area contributed by atoms with Gasteiger partial charge < -0.3 is 10.2 Å². The predicted octanol–water partition coefficient (Wildman–Crippen LogP) is 6.21. The summed E-state index contributed by atoms with van der Waals surface area (Å²) in [5.41, 5.74) is 1.78. The van der Waals surface area contributed by atoms with E-state index in [9.17, 15) is 9.59 Å². The van der Waals surface area contributed by atoms with Gasteiger partial charge >= 0.3 is 0 Å². The minimum Gasteiger partial charge on any atom is -0.352 e. The fourth-order valence-electron chi connectivity index (χ4n) is 2.83. The van der Waals surface area contributed by atoms with Gasteiger partial charge in [-0.3, -0.25) is 9.59 Å². The summed E-state index contributed by atoms with van der Waals surface area (Å²) < 4.78 is 0. The molecular formula is C23H27Cl3N2O2S. The zero-order valence-corrected chi connectivity index (χ0v) is 20.9. The van der Waals surface area contributed by atoms with Crippen LogP contribution < -0.4 is 5.32 Å². The molecule has 0 heterocycles. The number of nitrogens with zero attached hydrogens (tertiary/aromatic N) is 1. The zero-order valence-electron chi connectivity index (χ0n) is 17.8. The molecule has 0 aliphatic carbocycles. The van der Waals surface area contributed by atoms with E-state index in [0.717, 1.165) is 17.5 Å². The molecule has 1 N–H and O–H groups in total. The summed E-state index contributed by atoms with van der Waals surface area (Å²) in [7, 11) is 0. The van der Waals surface area contributed by atoms with Crippen LogP contribution in [0.1, 0.15) is 38.3 Å². The Labute approximate surface area is 203 Å². The van der Waals surface area contributed by atoms with Crippen LogP contribution in [-0.2, 0) is 21.9 Å². The highest BCUT2D eigenvalue weighted by Gasteiger charge is 2.26. The lowest BCUT2D eigenvalue weighted by Crippen LogP contribution is -2.50. The normalized spacial score (nSPS) is 12.8. The predicted molar refractivity (Wildman–Crippen MR) is 132 cm³/mol. The molecule has 0 saturated heterocycles. The molecule has 4 nitrogen and oxygen atoms in total. The largest absolute Gasteiger partial charge is 0.352 e. The summed E-state index contributed by atoms with van der Waals surface area (Å²) in [4.78, 5) is 27.4. The van der Waals surface area contributed by atoms with Gasteiger partial charge in [-0.25, -0.2) is 0 Å². The van der Waals surface area contributed by atoms with Gasteiger partial charge in [0.1, 0.15) is 6.04 Å². The van der Waals surface area contributed by atoms with E-state index >= 15 is 0 Å². The first-order chi connectivity index (χ1) is 14.7. The maximum absolute atomic E-state index is 13.1. The van der Waals surface area contributed by atoms with Crippen molar-refractivity contribution in [3.63, 3.8) is 0 Å². The number of hydrogen-bond acceptors (Lipinski definition) is 3. The van der Waals surface area contributed by atoms with E-state index in [1.54, 1.807) is 24.0 Å².